The Kier molecular flexibility index (Phi) is 5.67. The zero-order chi connectivity index (χ0) is 21.8. The summed E-state index contributed by atoms with van der Waals surface area (Å²) in [6.45, 7) is 0. The lowest BCUT2D eigenvalue weighted by molar-refractivity contribution is 0.102. The van der Waals surface area contributed by atoms with Crippen LogP contribution in [0.4, 0.5) is 10.1 Å². The fourth-order valence-corrected chi connectivity index (χ4v) is 3.57. The van der Waals surface area contributed by atoms with Crippen LogP contribution in [0.15, 0.2) is 97.1 Å². The number of aromatic hydroxyl groups is 2. The van der Waals surface area contributed by atoms with Gasteiger partial charge in [-0.3, -0.25) is 4.79 Å². The van der Waals surface area contributed by atoms with Crippen LogP contribution in [-0.4, -0.2) is 16.1 Å². The van der Waals surface area contributed by atoms with Crippen molar-refractivity contribution < 1.29 is 19.4 Å². The SMILES string of the molecule is O=C(Nc1ccc(F)cc1)c1ccccc1C(c1ccc(O)cc1)c1ccc(O)cc1. The third-order valence-electron chi connectivity index (χ3n) is 5.07. The molecule has 0 saturated heterocycles. The molecule has 31 heavy (non-hydrogen) atoms. The van der Waals surface area contributed by atoms with Crippen molar-refractivity contribution in [2.24, 2.45) is 0 Å². The number of amides is 1. The maximum Gasteiger partial charge on any atom is 0.255 e. The van der Waals surface area contributed by atoms with E-state index in [1.54, 1.807) is 36.4 Å². The van der Waals surface area contributed by atoms with Gasteiger partial charge in [0.25, 0.3) is 5.91 Å². The molecule has 4 nitrogen and oxygen atoms in total. The first-order chi connectivity index (χ1) is 15.0. The molecule has 0 heterocycles. The molecule has 4 rings (SSSR count). The summed E-state index contributed by atoms with van der Waals surface area (Å²) in [6.07, 6.45) is 0. The molecule has 0 aliphatic rings. The second kappa shape index (κ2) is 8.71. The van der Waals surface area contributed by atoms with Crippen molar-refractivity contribution in [2.75, 3.05) is 5.32 Å². The van der Waals surface area contributed by atoms with Gasteiger partial charge in [0, 0.05) is 17.2 Å². The van der Waals surface area contributed by atoms with E-state index >= 15 is 0 Å². The molecule has 0 bridgehead atoms. The van der Waals surface area contributed by atoms with Gasteiger partial charge in [-0.05, 0) is 71.3 Å². The lowest BCUT2D eigenvalue weighted by Crippen LogP contribution is -2.17. The van der Waals surface area contributed by atoms with Crippen molar-refractivity contribution in [3.8, 4) is 11.5 Å². The summed E-state index contributed by atoms with van der Waals surface area (Å²) in [4.78, 5) is 13.1. The van der Waals surface area contributed by atoms with Gasteiger partial charge >= 0.3 is 0 Å². The van der Waals surface area contributed by atoms with Crippen LogP contribution in [0.1, 0.15) is 33.0 Å². The van der Waals surface area contributed by atoms with E-state index in [0.29, 0.717) is 11.3 Å². The number of benzene rings is 4. The number of rotatable bonds is 5. The lowest BCUT2D eigenvalue weighted by atomic mass is 9.82. The molecule has 4 aromatic rings. The standard InChI is InChI=1S/C26H20FNO3/c27-19-9-11-20(12-10-19)28-26(31)24-4-2-1-3-23(24)25(17-5-13-21(29)14-6-17)18-7-15-22(30)16-8-18/h1-16,25,29-30H,(H,28,31). The van der Waals surface area contributed by atoms with Crippen molar-refractivity contribution in [3.63, 3.8) is 0 Å². The molecule has 0 spiro atoms. The molecule has 0 atom stereocenters. The molecule has 0 saturated carbocycles. The van der Waals surface area contributed by atoms with Crippen molar-refractivity contribution in [2.45, 2.75) is 5.92 Å². The average Bonchev–Trinajstić information content (AvgIpc) is 2.78. The minimum atomic E-state index is -0.377. The van der Waals surface area contributed by atoms with E-state index in [4.69, 9.17) is 0 Å². The van der Waals surface area contributed by atoms with E-state index in [1.807, 2.05) is 36.4 Å². The first-order valence-corrected chi connectivity index (χ1v) is 9.75. The quantitative estimate of drug-likeness (QED) is 0.369. The van der Waals surface area contributed by atoms with Crippen molar-refractivity contribution in [3.05, 3.63) is 125 Å². The summed E-state index contributed by atoms with van der Waals surface area (Å²) in [5, 5.41) is 22.3. The molecule has 3 N–H and O–H groups in total. The Labute approximate surface area is 179 Å². The first-order valence-electron chi connectivity index (χ1n) is 9.75. The minimum absolute atomic E-state index is 0.149. The maximum absolute atomic E-state index is 13.2. The second-order valence-corrected chi connectivity index (χ2v) is 7.16. The van der Waals surface area contributed by atoms with Gasteiger partial charge in [-0.15, -0.1) is 0 Å². The third kappa shape index (κ3) is 4.56. The van der Waals surface area contributed by atoms with Gasteiger partial charge in [0.2, 0.25) is 0 Å². The largest absolute Gasteiger partial charge is 0.508 e. The van der Waals surface area contributed by atoms with E-state index in [0.717, 1.165) is 16.7 Å². The highest BCUT2D eigenvalue weighted by Crippen LogP contribution is 2.35. The van der Waals surface area contributed by atoms with Crippen LogP contribution < -0.4 is 5.32 Å². The molecule has 0 radical (unpaired) electrons. The van der Waals surface area contributed by atoms with Crippen LogP contribution >= 0.6 is 0 Å². The number of hydrogen-bond acceptors (Lipinski definition) is 3. The molecule has 0 aromatic heterocycles. The third-order valence-corrected chi connectivity index (χ3v) is 5.07. The van der Waals surface area contributed by atoms with E-state index in [9.17, 15) is 19.4 Å². The molecule has 5 heteroatoms. The van der Waals surface area contributed by atoms with E-state index < -0.39 is 0 Å². The van der Waals surface area contributed by atoms with Crippen LogP contribution in [-0.2, 0) is 0 Å². The number of nitrogens with one attached hydrogen (secondary N) is 1. The molecule has 0 unspecified atom stereocenters. The molecular weight excluding hydrogens is 393 g/mol. The number of halogens is 1. The highest BCUT2D eigenvalue weighted by atomic mass is 19.1. The van der Waals surface area contributed by atoms with Gasteiger partial charge in [-0.2, -0.15) is 0 Å². The van der Waals surface area contributed by atoms with Crippen LogP contribution in [0, 0.1) is 5.82 Å². The first kappa shape index (κ1) is 20.2. The molecular formula is C26H20FNO3. The highest BCUT2D eigenvalue weighted by Gasteiger charge is 2.23. The number of carbonyl (C=O) groups excluding carboxylic acids is 1. The van der Waals surface area contributed by atoms with E-state index in [-0.39, 0.29) is 29.1 Å². The fraction of sp³-hybridized carbons (Fsp3) is 0.0385. The Bertz CT molecular complexity index is 1140. The molecule has 0 fully saturated rings. The lowest BCUT2D eigenvalue weighted by Gasteiger charge is -2.22. The Morgan fingerprint density at radius 2 is 1.23 bits per heavy atom. The molecule has 0 aliphatic carbocycles. The zero-order valence-electron chi connectivity index (χ0n) is 16.5. The summed E-state index contributed by atoms with van der Waals surface area (Å²) in [5.41, 5.74) is 3.49. The van der Waals surface area contributed by atoms with Crippen LogP contribution in [0.3, 0.4) is 0 Å². The highest BCUT2D eigenvalue weighted by molar-refractivity contribution is 6.05. The Morgan fingerprint density at radius 1 is 0.710 bits per heavy atom. The predicted octanol–water partition coefficient (Wildman–Crippen LogP) is 5.67. The van der Waals surface area contributed by atoms with E-state index in [1.165, 1.54) is 24.3 Å². The Balaban J connectivity index is 1.78. The average molecular weight is 413 g/mol. The summed E-state index contributed by atoms with van der Waals surface area (Å²) >= 11 is 0. The van der Waals surface area contributed by atoms with Crippen LogP contribution in [0.5, 0.6) is 11.5 Å². The predicted molar refractivity (Wildman–Crippen MR) is 118 cm³/mol. The van der Waals surface area contributed by atoms with Gasteiger partial charge in [-0.25, -0.2) is 4.39 Å². The molecule has 154 valence electrons. The number of phenols is 2. The van der Waals surface area contributed by atoms with Crippen molar-refractivity contribution in [1.29, 1.82) is 0 Å². The smallest absolute Gasteiger partial charge is 0.255 e. The monoisotopic (exact) mass is 413 g/mol. The molecule has 1 amide bonds. The van der Waals surface area contributed by atoms with Gasteiger partial charge in [0.1, 0.15) is 17.3 Å². The second-order valence-electron chi connectivity index (χ2n) is 7.16. The topological polar surface area (TPSA) is 69.6 Å². The number of phenolic OH excluding ortho intramolecular Hbond substituents is 2. The summed E-state index contributed by atoms with van der Waals surface area (Å²) < 4.78 is 13.2. The Hall–Kier alpha value is -4.12. The van der Waals surface area contributed by atoms with E-state index in [2.05, 4.69) is 5.32 Å². The van der Waals surface area contributed by atoms with Crippen molar-refractivity contribution in [1.82, 2.24) is 0 Å². The van der Waals surface area contributed by atoms with Crippen molar-refractivity contribution >= 4 is 11.6 Å². The van der Waals surface area contributed by atoms with Crippen LogP contribution in [0.25, 0.3) is 0 Å². The summed E-state index contributed by atoms with van der Waals surface area (Å²) in [6, 6.07) is 26.5. The summed E-state index contributed by atoms with van der Waals surface area (Å²) in [7, 11) is 0. The van der Waals surface area contributed by atoms with Gasteiger partial charge in [0.05, 0.1) is 0 Å². The Morgan fingerprint density at radius 3 is 1.77 bits per heavy atom. The van der Waals surface area contributed by atoms with Gasteiger partial charge in [-0.1, -0.05) is 42.5 Å². The van der Waals surface area contributed by atoms with Gasteiger partial charge in [0.15, 0.2) is 0 Å². The number of hydrogen-bond donors (Lipinski definition) is 3. The fourth-order valence-electron chi connectivity index (χ4n) is 3.57. The maximum atomic E-state index is 13.2. The van der Waals surface area contributed by atoms with Gasteiger partial charge < -0.3 is 15.5 Å². The number of anilines is 1. The van der Waals surface area contributed by atoms with Crippen LogP contribution in [0.2, 0.25) is 0 Å². The molecule has 0 aliphatic heterocycles. The molecule has 4 aromatic carbocycles. The minimum Gasteiger partial charge on any atom is -0.508 e. The zero-order valence-corrected chi connectivity index (χ0v) is 16.5. The number of carbonyl (C=O) groups is 1. The summed E-state index contributed by atoms with van der Waals surface area (Å²) in [5.74, 6) is -0.703. The normalized spacial score (nSPS) is 10.8.